The highest BCUT2D eigenvalue weighted by Gasteiger charge is 2.60. The zero-order chi connectivity index (χ0) is 23.3. The van der Waals surface area contributed by atoms with Gasteiger partial charge in [-0.05, 0) is 6.07 Å². The minimum absolute atomic E-state index is 0.0837. The minimum atomic E-state index is -4.01. The zero-order valence-electron chi connectivity index (χ0n) is 15.8. The molecular weight excluding hydrogens is 480 g/mol. The van der Waals surface area contributed by atoms with E-state index in [0.29, 0.717) is 10.1 Å². The first-order chi connectivity index (χ1) is 15.0. The van der Waals surface area contributed by atoms with Crippen molar-refractivity contribution in [3.05, 3.63) is 67.0 Å². The Hall–Kier alpha value is -2.45. The van der Waals surface area contributed by atoms with E-state index in [1.165, 1.54) is 12.1 Å². The number of nitrogens with one attached hydrogen (secondary N) is 1. The van der Waals surface area contributed by atoms with Gasteiger partial charge < -0.3 is 9.84 Å². The average Bonchev–Trinajstić information content (AvgIpc) is 2.95. The fourth-order valence-electron chi connectivity index (χ4n) is 3.13. The van der Waals surface area contributed by atoms with Gasteiger partial charge in [0.1, 0.15) is 25.4 Å². The number of aromatic nitrogens is 2. The minimum Gasteiger partial charge on any atom is -0.385 e. The monoisotopic (exact) mass is 494 g/mol. The summed E-state index contributed by atoms with van der Waals surface area (Å²) in [6, 6.07) is 4.57. The Labute approximate surface area is 182 Å². The number of aliphatic hydroxyl groups is 1. The van der Waals surface area contributed by atoms with Gasteiger partial charge in [-0.3, -0.25) is 29.0 Å². The Morgan fingerprint density at radius 3 is 2.88 bits per heavy atom. The number of ether oxygens (including phenoxy) is 1. The summed E-state index contributed by atoms with van der Waals surface area (Å²) < 4.78 is 36.6. The Morgan fingerprint density at radius 1 is 1.44 bits per heavy atom. The maximum Gasteiger partial charge on any atom is 0.619 e. The number of hydrogen-bond donors (Lipinski definition) is 3. The number of non-ortho nitro benzene ring substituents is 1. The summed E-state index contributed by atoms with van der Waals surface area (Å²) in [4.78, 5) is 45.8. The van der Waals surface area contributed by atoms with Crippen molar-refractivity contribution in [2.24, 2.45) is 0 Å². The number of nitrogens with zero attached hydrogens (tertiary/aromatic N) is 2. The van der Waals surface area contributed by atoms with Crippen LogP contribution in [-0.2, 0) is 20.4 Å². The van der Waals surface area contributed by atoms with E-state index in [0.717, 1.165) is 18.3 Å². The molecule has 32 heavy (non-hydrogen) atoms. The number of rotatable bonds is 5. The standard InChI is InChI=1S/C16H14ClFN3O10P/c17-16(18)13(23)11(30-14(16)20-4-3-12(22)19-15(20)24)7-29-32(27)28-6-8-5-9(21(25)26)1-2-10(8)31-32/h1-5,11,13-14,23,27H,6-7H2/p+1/t11-,13-,14-,16-,32?/m1/s1. The van der Waals surface area contributed by atoms with Crippen molar-refractivity contribution in [1.29, 1.82) is 0 Å². The molecule has 3 heterocycles. The van der Waals surface area contributed by atoms with Crippen LogP contribution in [0.3, 0.4) is 0 Å². The SMILES string of the molecule is O=c1ccn([C@@H]2O[C@H](CO[P+]3(O)OCc4cc([N+](=O)[O-])ccc4O3)[C@@H](O)[C@]2(F)Cl)c(=O)[nH]1. The first-order valence-corrected chi connectivity index (χ1v) is 10.8. The van der Waals surface area contributed by atoms with Gasteiger partial charge in [0, 0.05) is 30.0 Å². The van der Waals surface area contributed by atoms with Crippen LogP contribution < -0.4 is 15.8 Å². The van der Waals surface area contributed by atoms with Crippen LogP contribution in [-0.4, -0.2) is 48.4 Å². The van der Waals surface area contributed by atoms with Gasteiger partial charge in [0.25, 0.3) is 16.4 Å². The summed E-state index contributed by atoms with van der Waals surface area (Å²) in [6.45, 7) is -0.923. The van der Waals surface area contributed by atoms with E-state index in [2.05, 4.69) is 0 Å². The predicted octanol–water partition coefficient (Wildman–Crippen LogP) is 0.903. The average molecular weight is 495 g/mol. The van der Waals surface area contributed by atoms with Gasteiger partial charge in [0.15, 0.2) is 12.0 Å². The number of aliphatic hydroxyl groups excluding tert-OH is 1. The van der Waals surface area contributed by atoms with E-state index < -0.39 is 54.5 Å². The number of alkyl halides is 2. The summed E-state index contributed by atoms with van der Waals surface area (Å²) in [6.07, 6.45) is -4.34. The third-order valence-corrected chi connectivity index (χ3v) is 6.51. The van der Waals surface area contributed by atoms with Crippen LogP contribution in [0.1, 0.15) is 11.8 Å². The van der Waals surface area contributed by atoms with E-state index in [1.54, 1.807) is 0 Å². The molecule has 0 spiro atoms. The van der Waals surface area contributed by atoms with Crippen molar-refractivity contribution in [3.8, 4) is 5.75 Å². The van der Waals surface area contributed by atoms with E-state index in [1.807, 2.05) is 4.98 Å². The molecule has 13 nitrogen and oxygen atoms in total. The van der Waals surface area contributed by atoms with Crippen LogP contribution in [0, 0.1) is 10.1 Å². The predicted molar refractivity (Wildman–Crippen MR) is 105 cm³/mol. The second-order valence-corrected chi connectivity index (χ2v) is 9.06. The maximum absolute atomic E-state index is 15.0. The number of nitro groups is 1. The van der Waals surface area contributed by atoms with Crippen LogP contribution in [0.25, 0.3) is 0 Å². The molecule has 0 bridgehead atoms. The molecule has 2 aromatic rings. The zero-order valence-corrected chi connectivity index (χ0v) is 17.4. The lowest BCUT2D eigenvalue weighted by Crippen LogP contribution is -2.42. The number of hydrogen-bond acceptors (Lipinski definition) is 10. The molecule has 0 aliphatic carbocycles. The van der Waals surface area contributed by atoms with Gasteiger partial charge in [0.2, 0.25) is 0 Å². The maximum atomic E-state index is 15.0. The Morgan fingerprint density at radius 2 is 2.19 bits per heavy atom. The molecule has 4 rings (SSSR count). The van der Waals surface area contributed by atoms with Gasteiger partial charge in [-0.1, -0.05) is 11.6 Å². The normalized spacial score (nSPS) is 31.7. The van der Waals surface area contributed by atoms with Crippen LogP contribution in [0.2, 0.25) is 0 Å². The summed E-state index contributed by atoms with van der Waals surface area (Å²) in [5.41, 5.74) is -1.65. The second kappa shape index (κ2) is 8.15. The Balaban J connectivity index is 1.47. The Kier molecular flexibility index (Phi) is 5.79. The largest absolute Gasteiger partial charge is 0.619 e. The molecule has 1 aromatic heterocycles. The highest BCUT2D eigenvalue weighted by Crippen LogP contribution is 2.62. The fourth-order valence-corrected chi connectivity index (χ4v) is 4.67. The molecule has 1 saturated heterocycles. The van der Waals surface area contributed by atoms with Crippen molar-refractivity contribution in [2.45, 2.75) is 30.2 Å². The van der Waals surface area contributed by atoms with Crippen molar-refractivity contribution < 1.29 is 37.6 Å². The highest BCUT2D eigenvalue weighted by atomic mass is 35.5. The van der Waals surface area contributed by atoms with Gasteiger partial charge >= 0.3 is 13.9 Å². The first-order valence-electron chi connectivity index (χ1n) is 8.91. The molecular formula is C16H15ClFN3O10P+. The molecule has 1 aromatic carbocycles. The lowest BCUT2D eigenvalue weighted by molar-refractivity contribution is -0.385. The van der Waals surface area contributed by atoms with E-state index in [-0.39, 0.29) is 18.0 Å². The summed E-state index contributed by atoms with van der Waals surface area (Å²) >= 11 is 5.77. The number of nitro benzene ring substituents is 1. The molecule has 2 aliphatic rings. The quantitative estimate of drug-likeness (QED) is 0.234. The molecule has 5 atom stereocenters. The Bertz CT molecular complexity index is 1180. The lowest BCUT2D eigenvalue weighted by atomic mass is 10.1. The van der Waals surface area contributed by atoms with Crippen LogP contribution in [0.4, 0.5) is 10.1 Å². The topological polar surface area (TPSA) is 175 Å². The second-order valence-electron chi connectivity index (χ2n) is 6.84. The van der Waals surface area contributed by atoms with Gasteiger partial charge in [-0.25, -0.2) is 9.18 Å². The summed E-state index contributed by atoms with van der Waals surface area (Å²) in [5, 5.41) is 18.1. The van der Waals surface area contributed by atoms with Crippen LogP contribution in [0.5, 0.6) is 5.75 Å². The number of H-pyrrole nitrogens is 1. The molecule has 0 radical (unpaired) electrons. The van der Waals surface area contributed by atoms with Crippen molar-refractivity contribution in [3.63, 3.8) is 0 Å². The fraction of sp³-hybridized carbons (Fsp3) is 0.375. The molecule has 0 amide bonds. The first kappa shape index (κ1) is 22.7. The molecule has 3 N–H and O–H groups in total. The third kappa shape index (κ3) is 4.13. The number of benzene rings is 1. The number of fused-ring (bicyclic) bond motifs is 1. The molecule has 172 valence electrons. The molecule has 2 aliphatic heterocycles. The van der Waals surface area contributed by atoms with Crippen molar-refractivity contribution in [1.82, 2.24) is 9.55 Å². The van der Waals surface area contributed by atoms with Gasteiger partial charge in [-0.15, -0.1) is 9.05 Å². The van der Waals surface area contributed by atoms with E-state index >= 15 is 0 Å². The smallest absolute Gasteiger partial charge is 0.385 e. The molecule has 16 heteroatoms. The van der Waals surface area contributed by atoms with Crippen molar-refractivity contribution in [2.75, 3.05) is 6.61 Å². The highest BCUT2D eigenvalue weighted by molar-refractivity contribution is 7.55. The van der Waals surface area contributed by atoms with Crippen LogP contribution >= 0.6 is 19.8 Å². The number of aromatic amines is 1. The third-order valence-electron chi connectivity index (χ3n) is 4.74. The molecule has 1 fully saturated rings. The van der Waals surface area contributed by atoms with Gasteiger partial charge in [0.05, 0.1) is 4.92 Å². The molecule has 0 saturated carbocycles. The van der Waals surface area contributed by atoms with Crippen molar-refractivity contribution >= 4 is 25.5 Å². The van der Waals surface area contributed by atoms with E-state index in [9.17, 15) is 34.1 Å². The lowest BCUT2D eigenvalue weighted by Gasteiger charge is -2.23. The summed E-state index contributed by atoms with van der Waals surface area (Å²) in [5.74, 6) is 0.0837. The van der Waals surface area contributed by atoms with E-state index in [4.69, 9.17) is 29.9 Å². The number of halogens is 2. The van der Waals surface area contributed by atoms with Crippen LogP contribution in [0.15, 0.2) is 40.1 Å². The summed E-state index contributed by atoms with van der Waals surface area (Å²) in [7, 11) is -4.01. The molecule has 1 unspecified atom stereocenters. The van der Waals surface area contributed by atoms with Gasteiger partial charge in [-0.2, -0.15) is 4.89 Å².